The van der Waals surface area contributed by atoms with Gasteiger partial charge in [-0.2, -0.15) is 5.10 Å². The summed E-state index contributed by atoms with van der Waals surface area (Å²) < 4.78 is 28.0. The highest BCUT2D eigenvalue weighted by Crippen LogP contribution is 2.21. The summed E-state index contributed by atoms with van der Waals surface area (Å²) in [6.45, 7) is 4.85. The Morgan fingerprint density at radius 2 is 1.81 bits per heavy atom. The lowest BCUT2D eigenvalue weighted by Gasteiger charge is -2.12. The molecule has 2 aromatic carbocycles. The van der Waals surface area contributed by atoms with E-state index in [4.69, 9.17) is 0 Å². The molecule has 0 aliphatic rings. The Hall–Kier alpha value is -2.23. The summed E-state index contributed by atoms with van der Waals surface area (Å²) in [5, 5.41) is 13.4. The Labute approximate surface area is 166 Å². The topological polar surface area (TPSA) is 108 Å². The van der Waals surface area contributed by atoms with Crippen molar-refractivity contribution in [3.05, 3.63) is 57.1 Å². The Morgan fingerprint density at radius 3 is 2.44 bits per heavy atom. The molecule has 1 amide bonds. The zero-order valence-corrected chi connectivity index (χ0v) is 17.5. The third-order valence-corrected chi connectivity index (χ3v) is 5.88. The number of nitrogens with one attached hydrogen (secondary N) is 2. The van der Waals surface area contributed by atoms with Crippen LogP contribution < -0.4 is 10.1 Å². The number of amides is 1. The van der Waals surface area contributed by atoms with E-state index in [0.717, 1.165) is 10.0 Å². The van der Waals surface area contributed by atoms with Crippen molar-refractivity contribution in [2.75, 3.05) is 6.54 Å². The molecule has 27 heavy (non-hydrogen) atoms. The zero-order chi connectivity index (χ0) is 20.2. The summed E-state index contributed by atoms with van der Waals surface area (Å²) in [4.78, 5) is 12.0. The van der Waals surface area contributed by atoms with Gasteiger partial charge in [-0.25, -0.2) is 18.6 Å². The van der Waals surface area contributed by atoms with Gasteiger partial charge in [0.2, 0.25) is 10.0 Å². The molecule has 0 radical (unpaired) electrons. The maximum Gasteiger partial charge on any atom is 0.255 e. The number of halogens is 1. The van der Waals surface area contributed by atoms with Gasteiger partial charge in [0.05, 0.1) is 17.7 Å². The normalized spacial score (nSPS) is 11.7. The molecule has 0 aliphatic heterocycles. The Bertz CT molecular complexity index is 981. The SMILES string of the molecule is Cc1cc(C)c(S(=O)(=O)NCC(=O)NN=Cc2cc(Br)ccc2O)c(C)c1. The monoisotopic (exact) mass is 453 g/mol. The number of nitrogens with zero attached hydrogens (tertiary/aromatic N) is 1. The molecule has 2 rings (SSSR count). The Kier molecular flexibility index (Phi) is 6.74. The van der Waals surface area contributed by atoms with E-state index in [1.807, 2.05) is 6.92 Å². The van der Waals surface area contributed by atoms with Crippen molar-refractivity contribution in [1.29, 1.82) is 0 Å². The van der Waals surface area contributed by atoms with Crippen LogP contribution in [0.15, 0.2) is 44.8 Å². The summed E-state index contributed by atoms with van der Waals surface area (Å²) >= 11 is 3.27. The van der Waals surface area contributed by atoms with Gasteiger partial charge in [0.1, 0.15) is 5.75 Å². The number of phenolic OH excluding ortho intramolecular Hbond substituents is 1. The fourth-order valence-corrected chi connectivity index (χ4v) is 4.48. The van der Waals surface area contributed by atoms with Gasteiger partial charge in [-0.15, -0.1) is 0 Å². The van der Waals surface area contributed by atoms with Gasteiger partial charge in [0.15, 0.2) is 0 Å². The molecule has 0 aliphatic carbocycles. The van der Waals surface area contributed by atoms with E-state index in [9.17, 15) is 18.3 Å². The standard InChI is InChI=1S/C18H20BrN3O4S/c1-11-6-12(2)18(13(3)7-11)27(25,26)21-10-17(24)22-20-9-14-8-15(19)4-5-16(14)23/h4-9,21,23H,10H2,1-3H3,(H,22,24). The molecule has 9 heteroatoms. The fraction of sp³-hybridized carbons (Fsp3) is 0.222. The molecule has 0 saturated heterocycles. The van der Waals surface area contributed by atoms with Gasteiger partial charge in [0, 0.05) is 10.0 Å². The number of hydrazone groups is 1. The predicted octanol–water partition coefficient (Wildman–Crippen LogP) is 2.51. The van der Waals surface area contributed by atoms with Crippen molar-refractivity contribution >= 4 is 38.1 Å². The number of hydrogen-bond donors (Lipinski definition) is 3. The van der Waals surface area contributed by atoms with Crippen LogP contribution in [0.25, 0.3) is 0 Å². The third kappa shape index (κ3) is 5.62. The molecule has 0 fully saturated rings. The van der Waals surface area contributed by atoms with Gasteiger partial charge < -0.3 is 5.11 Å². The number of benzene rings is 2. The molecule has 0 aromatic heterocycles. The Morgan fingerprint density at radius 1 is 1.19 bits per heavy atom. The minimum absolute atomic E-state index is 0.00206. The quantitative estimate of drug-likeness (QED) is 0.461. The summed E-state index contributed by atoms with van der Waals surface area (Å²) in [6.07, 6.45) is 1.26. The van der Waals surface area contributed by atoms with E-state index in [1.54, 1.807) is 38.1 Å². The first-order chi connectivity index (χ1) is 12.6. The van der Waals surface area contributed by atoms with E-state index in [-0.39, 0.29) is 10.6 Å². The molecular weight excluding hydrogens is 434 g/mol. The van der Waals surface area contributed by atoms with E-state index in [2.05, 4.69) is 31.2 Å². The number of aromatic hydroxyl groups is 1. The fourth-order valence-electron chi connectivity index (χ4n) is 2.67. The van der Waals surface area contributed by atoms with Crippen LogP contribution in [0.5, 0.6) is 5.75 Å². The number of rotatable bonds is 6. The summed E-state index contributed by atoms with van der Waals surface area (Å²) in [5.41, 5.74) is 4.81. The molecule has 0 heterocycles. The lowest BCUT2D eigenvalue weighted by Crippen LogP contribution is -2.35. The maximum absolute atomic E-state index is 12.5. The number of hydrogen-bond acceptors (Lipinski definition) is 5. The van der Waals surface area contributed by atoms with Crippen LogP contribution in [0.3, 0.4) is 0 Å². The number of phenols is 1. The van der Waals surface area contributed by atoms with Crippen LogP contribution in [-0.2, 0) is 14.8 Å². The average Bonchev–Trinajstić information content (AvgIpc) is 2.55. The third-order valence-electron chi connectivity index (χ3n) is 3.68. The van der Waals surface area contributed by atoms with Crippen LogP contribution in [0.4, 0.5) is 0 Å². The Balaban J connectivity index is 2.01. The summed E-state index contributed by atoms with van der Waals surface area (Å²) in [5.74, 6) is -0.631. The minimum Gasteiger partial charge on any atom is -0.507 e. The number of carbonyl (C=O) groups is 1. The number of carbonyl (C=O) groups excluding carboxylic acids is 1. The van der Waals surface area contributed by atoms with E-state index in [0.29, 0.717) is 16.7 Å². The van der Waals surface area contributed by atoms with Crippen LogP contribution in [0, 0.1) is 20.8 Å². The lowest BCUT2D eigenvalue weighted by molar-refractivity contribution is -0.119. The molecule has 0 spiro atoms. The van der Waals surface area contributed by atoms with Crippen molar-refractivity contribution in [3.8, 4) is 5.75 Å². The van der Waals surface area contributed by atoms with Gasteiger partial charge >= 0.3 is 0 Å². The van der Waals surface area contributed by atoms with Crippen molar-refractivity contribution < 1.29 is 18.3 Å². The molecular formula is C18H20BrN3O4S. The summed E-state index contributed by atoms with van der Waals surface area (Å²) in [7, 11) is -3.83. The number of aryl methyl sites for hydroxylation is 3. The van der Waals surface area contributed by atoms with Crippen LogP contribution in [0.2, 0.25) is 0 Å². The molecule has 3 N–H and O–H groups in total. The molecule has 0 atom stereocenters. The molecule has 2 aromatic rings. The van der Waals surface area contributed by atoms with E-state index < -0.39 is 22.5 Å². The number of sulfonamides is 1. The lowest BCUT2D eigenvalue weighted by atomic mass is 10.1. The first-order valence-electron chi connectivity index (χ1n) is 7.98. The van der Waals surface area contributed by atoms with E-state index in [1.165, 1.54) is 12.3 Å². The molecule has 0 bridgehead atoms. The average molecular weight is 454 g/mol. The second kappa shape index (κ2) is 8.64. The predicted molar refractivity (Wildman–Crippen MR) is 107 cm³/mol. The minimum atomic E-state index is -3.83. The first-order valence-corrected chi connectivity index (χ1v) is 10.3. The van der Waals surface area contributed by atoms with Crippen molar-refractivity contribution in [2.24, 2.45) is 5.10 Å². The van der Waals surface area contributed by atoms with Crippen LogP contribution in [0.1, 0.15) is 22.3 Å². The van der Waals surface area contributed by atoms with Crippen molar-refractivity contribution in [2.45, 2.75) is 25.7 Å². The largest absolute Gasteiger partial charge is 0.507 e. The van der Waals surface area contributed by atoms with Gasteiger partial charge in [-0.3, -0.25) is 4.79 Å². The van der Waals surface area contributed by atoms with Crippen LogP contribution >= 0.6 is 15.9 Å². The van der Waals surface area contributed by atoms with Gasteiger partial charge in [-0.1, -0.05) is 33.6 Å². The zero-order valence-electron chi connectivity index (χ0n) is 15.1. The first kappa shape index (κ1) is 21.1. The summed E-state index contributed by atoms with van der Waals surface area (Å²) in [6, 6.07) is 8.31. The molecule has 0 unspecified atom stereocenters. The molecule has 7 nitrogen and oxygen atoms in total. The maximum atomic E-state index is 12.5. The van der Waals surface area contributed by atoms with Gasteiger partial charge in [-0.05, 0) is 50.1 Å². The second-order valence-electron chi connectivity index (χ2n) is 6.05. The highest BCUT2D eigenvalue weighted by Gasteiger charge is 2.20. The van der Waals surface area contributed by atoms with Crippen molar-refractivity contribution in [1.82, 2.24) is 10.1 Å². The van der Waals surface area contributed by atoms with E-state index >= 15 is 0 Å². The van der Waals surface area contributed by atoms with Crippen molar-refractivity contribution in [3.63, 3.8) is 0 Å². The highest BCUT2D eigenvalue weighted by molar-refractivity contribution is 9.10. The molecule has 144 valence electrons. The second-order valence-corrected chi connectivity index (χ2v) is 8.67. The molecule has 0 saturated carbocycles. The van der Waals surface area contributed by atoms with Gasteiger partial charge in [0.25, 0.3) is 5.91 Å². The highest BCUT2D eigenvalue weighted by atomic mass is 79.9. The smallest absolute Gasteiger partial charge is 0.255 e. The van der Waals surface area contributed by atoms with Crippen LogP contribution in [-0.4, -0.2) is 32.2 Å².